The Balaban J connectivity index is 3.21. The summed E-state index contributed by atoms with van der Waals surface area (Å²) in [5, 5.41) is 10.00. The second-order valence-electron chi connectivity index (χ2n) is 7.27. The molecule has 0 bridgehead atoms. The summed E-state index contributed by atoms with van der Waals surface area (Å²) < 4.78 is 0. The molecule has 1 unspecified atom stereocenters. The maximum absolute atomic E-state index is 10.00. The standard InChI is InChI=1S/C15H26O/c1-13(2,3)11-10-15(7,14(4,5)6)9-8-12(11)16/h8,10,16H,9H2,1-7H3. The van der Waals surface area contributed by atoms with Gasteiger partial charge in [-0.25, -0.2) is 0 Å². The highest BCUT2D eigenvalue weighted by Gasteiger charge is 2.39. The summed E-state index contributed by atoms with van der Waals surface area (Å²) in [5.74, 6) is 0.467. The molecule has 1 N–H and O–H groups in total. The van der Waals surface area contributed by atoms with E-state index in [1.54, 1.807) is 0 Å². The van der Waals surface area contributed by atoms with E-state index in [0.717, 1.165) is 12.0 Å². The van der Waals surface area contributed by atoms with Gasteiger partial charge in [0.15, 0.2) is 0 Å². The summed E-state index contributed by atoms with van der Waals surface area (Å²) in [4.78, 5) is 0. The number of hydrogen-bond acceptors (Lipinski definition) is 1. The summed E-state index contributed by atoms with van der Waals surface area (Å²) >= 11 is 0. The van der Waals surface area contributed by atoms with Crippen LogP contribution in [0, 0.1) is 16.2 Å². The molecule has 0 aliphatic heterocycles. The van der Waals surface area contributed by atoms with Gasteiger partial charge in [-0.1, -0.05) is 54.5 Å². The van der Waals surface area contributed by atoms with Crippen molar-refractivity contribution in [2.24, 2.45) is 16.2 Å². The normalized spacial score (nSPS) is 27.4. The molecule has 0 saturated carbocycles. The molecule has 1 aliphatic carbocycles. The zero-order valence-electron chi connectivity index (χ0n) is 11.8. The third-order valence-corrected chi connectivity index (χ3v) is 3.98. The first-order valence-corrected chi connectivity index (χ1v) is 6.10. The minimum atomic E-state index is 0.00745. The predicted molar refractivity (Wildman–Crippen MR) is 70.4 cm³/mol. The van der Waals surface area contributed by atoms with E-state index in [0.29, 0.717) is 5.76 Å². The molecule has 1 aliphatic rings. The molecule has 0 aromatic heterocycles. The first-order valence-electron chi connectivity index (χ1n) is 6.10. The van der Waals surface area contributed by atoms with E-state index in [4.69, 9.17) is 0 Å². The van der Waals surface area contributed by atoms with Gasteiger partial charge in [0.1, 0.15) is 5.76 Å². The van der Waals surface area contributed by atoms with Crippen LogP contribution in [0.3, 0.4) is 0 Å². The van der Waals surface area contributed by atoms with Crippen LogP contribution in [0.1, 0.15) is 54.9 Å². The molecular weight excluding hydrogens is 196 g/mol. The SMILES string of the molecule is CC(C)(C)C1=CC(C)(C(C)(C)C)CC=C1O. The van der Waals surface area contributed by atoms with E-state index in [2.05, 4.69) is 54.5 Å². The lowest BCUT2D eigenvalue weighted by atomic mass is 9.62. The lowest BCUT2D eigenvalue weighted by Gasteiger charge is -2.43. The number of aliphatic hydroxyl groups excluding tert-OH is 1. The molecule has 92 valence electrons. The van der Waals surface area contributed by atoms with Crippen molar-refractivity contribution >= 4 is 0 Å². The van der Waals surface area contributed by atoms with E-state index in [-0.39, 0.29) is 16.2 Å². The van der Waals surface area contributed by atoms with Crippen LogP contribution >= 0.6 is 0 Å². The fourth-order valence-corrected chi connectivity index (χ4v) is 1.99. The first-order chi connectivity index (χ1) is 6.97. The molecule has 0 saturated heterocycles. The Morgan fingerprint density at radius 1 is 1.12 bits per heavy atom. The summed E-state index contributed by atoms with van der Waals surface area (Å²) in [6, 6.07) is 0. The molecule has 16 heavy (non-hydrogen) atoms. The van der Waals surface area contributed by atoms with Gasteiger partial charge < -0.3 is 5.11 Å². The van der Waals surface area contributed by atoms with Crippen molar-refractivity contribution in [2.45, 2.75) is 54.9 Å². The highest BCUT2D eigenvalue weighted by molar-refractivity contribution is 5.36. The van der Waals surface area contributed by atoms with E-state index >= 15 is 0 Å². The zero-order valence-corrected chi connectivity index (χ0v) is 11.8. The molecule has 0 amide bonds. The average molecular weight is 222 g/mol. The van der Waals surface area contributed by atoms with Crippen molar-refractivity contribution in [2.75, 3.05) is 0 Å². The van der Waals surface area contributed by atoms with Gasteiger partial charge in [-0.15, -0.1) is 0 Å². The van der Waals surface area contributed by atoms with Gasteiger partial charge in [0.25, 0.3) is 0 Å². The Hall–Kier alpha value is -0.720. The Morgan fingerprint density at radius 3 is 2.00 bits per heavy atom. The first kappa shape index (κ1) is 13.3. The second kappa shape index (κ2) is 3.65. The lowest BCUT2D eigenvalue weighted by molar-refractivity contribution is 0.161. The van der Waals surface area contributed by atoms with E-state index in [9.17, 15) is 5.11 Å². The van der Waals surface area contributed by atoms with Crippen LogP contribution in [0.2, 0.25) is 0 Å². The predicted octanol–water partition coefficient (Wildman–Crippen LogP) is 4.86. The number of hydrogen-bond donors (Lipinski definition) is 1. The van der Waals surface area contributed by atoms with Crippen molar-refractivity contribution < 1.29 is 5.11 Å². The molecule has 1 heteroatoms. The number of allylic oxidation sites excluding steroid dienone is 3. The van der Waals surface area contributed by atoms with Gasteiger partial charge in [0.2, 0.25) is 0 Å². The van der Waals surface area contributed by atoms with E-state index in [1.807, 2.05) is 6.08 Å². The quantitative estimate of drug-likeness (QED) is 0.620. The molecule has 1 rings (SSSR count). The molecule has 0 fully saturated rings. The van der Waals surface area contributed by atoms with Gasteiger partial charge in [-0.05, 0) is 34.3 Å². The molecule has 0 heterocycles. The van der Waals surface area contributed by atoms with E-state index in [1.165, 1.54) is 0 Å². The lowest BCUT2D eigenvalue weighted by Crippen LogP contribution is -2.34. The van der Waals surface area contributed by atoms with Crippen LogP contribution in [0.5, 0.6) is 0 Å². The van der Waals surface area contributed by atoms with Crippen LogP contribution in [-0.2, 0) is 0 Å². The van der Waals surface area contributed by atoms with Crippen LogP contribution in [0.25, 0.3) is 0 Å². The average Bonchev–Trinajstić information content (AvgIpc) is 2.05. The minimum absolute atomic E-state index is 0.00745. The number of rotatable bonds is 0. The fourth-order valence-electron chi connectivity index (χ4n) is 1.99. The van der Waals surface area contributed by atoms with Crippen molar-refractivity contribution in [1.82, 2.24) is 0 Å². The number of aliphatic hydroxyl groups is 1. The zero-order chi connectivity index (χ0) is 12.8. The van der Waals surface area contributed by atoms with Crippen LogP contribution in [-0.4, -0.2) is 5.11 Å². The Bertz CT molecular complexity index is 333. The summed E-state index contributed by atoms with van der Waals surface area (Å²) in [6.07, 6.45) is 5.18. The molecule has 0 aromatic rings. The Kier molecular flexibility index (Phi) is 3.04. The molecular formula is C15H26O. The summed E-state index contributed by atoms with van der Waals surface area (Å²) in [5.41, 5.74) is 1.42. The highest BCUT2D eigenvalue weighted by atomic mass is 16.3. The monoisotopic (exact) mass is 222 g/mol. The third-order valence-electron chi connectivity index (χ3n) is 3.98. The van der Waals surface area contributed by atoms with Crippen molar-refractivity contribution in [3.05, 3.63) is 23.5 Å². The highest BCUT2D eigenvalue weighted by Crippen LogP contribution is 2.49. The summed E-state index contributed by atoms with van der Waals surface area (Å²) in [6.45, 7) is 15.5. The topological polar surface area (TPSA) is 20.2 Å². The van der Waals surface area contributed by atoms with Gasteiger partial charge in [-0.2, -0.15) is 0 Å². The largest absolute Gasteiger partial charge is 0.508 e. The third kappa shape index (κ3) is 2.34. The summed E-state index contributed by atoms with van der Waals surface area (Å²) in [7, 11) is 0. The van der Waals surface area contributed by atoms with Gasteiger partial charge in [0, 0.05) is 0 Å². The Labute approximate surface area is 100 Å². The van der Waals surface area contributed by atoms with Gasteiger partial charge in [0.05, 0.1) is 0 Å². The molecule has 0 aromatic carbocycles. The van der Waals surface area contributed by atoms with Crippen LogP contribution in [0.4, 0.5) is 0 Å². The van der Waals surface area contributed by atoms with Crippen molar-refractivity contribution in [1.29, 1.82) is 0 Å². The maximum atomic E-state index is 10.00. The molecule has 1 atom stereocenters. The van der Waals surface area contributed by atoms with Gasteiger partial charge >= 0.3 is 0 Å². The maximum Gasteiger partial charge on any atom is 0.115 e. The second-order valence-corrected chi connectivity index (χ2v) is 7.27. The van der Waals surface area contributed by atoms with E-state index < -0.39 is 0 Å². The smallest absolute Gasteiger partial charge is 0.115 e. The van der Waals surface area contributed by atoms with Crippen LogP contribution < -0.4 is 0 Å². The molecule has 1 nitrogen and oxygen atoms in total. The molecule has 0 spiro atoms. The van der Waals surface area contributed by atoms with Gasteiger partial charge in [-0.3, -0.25) is 0 Å². The minimum Gasteiger partial charge on any atom is -0.508 e. The molecule has 0 radical (unpaired) electrons. The Morgan fingerprint density at radius 2 is 1.62 bits per heavy atom. The van der Waals surface area contributed by atoms with Crippen molar-refractivity contribution in [3.63, 3.8) is 0 Å². The fraction of sp³-hybridized carbons (Fsp3) is 0.733. The van der Waals surface area contributed by atoms with Crippen molar-refractivity contribution in [3.8, 4) is 0 Å². The van der Waals surface area contributed by atoms with Crippen LogP contribution in [0.15, 0.2) is 23.5 Å².